The minimum absolute atomic E-state index is 0.193. The van der Waals surface area contributed by atoms with Gasteiger partial charge in [-0.15, -0.1) is 0 Å². The summed E-state index contributed by atoms with van der Waals surface area (Å²) in [6.07, 6.45) is 1.47. The van der Waals surface area contributed by atoms with Crippen LogP contribution in [0.5, 0.6) is 5.75 Å². The molecule has 0 atom stereocenters. The van der Waals surface area contributed by atoms with E-state index in [1.807, 2.05) is 13.0 Å². The number of hydrogen-bond acceptors (Lipinski definition) is 4. The number of nitrogens with one attached hydrogen (secondary N) is 1. The zero-order valence-electron chi connectivity index (χ0n) is 15.1. The Hall–Kier alpha value is -3.25. The van der Waals surface area contributed by atoms with Crippen LogP contribution in [0, 0.1) is 12.7 Å². The second-order valence-corrected chi connectivity index (χ2v) is 6.68. The Kier molecular flexibility index (Phi) is 4.57. The van der Waals surface area contributed by atoms with Crippen LogP contribution in [0.15, 0.2) is 53.5 Å². The maximum atomic E-state index is 13.4. The molecule has 0 aliphatic heterocycles. The van der Waals surface area contributed by atoms with Gasteiger partial charge in [-0.2, -0.15) is 0 Å². The van der Waals surface area contributed by atoms with Crippen LogP contribution in [0.2, 0.25) is 5.15 Å². The van der Waals surface area contributed by atoms with Gasteiger partial charge in [0, 0.05) is 23.0 Å². The fraction of sp³-hybridized carbons (Fsp3) is 0.0952. The number of benzene rings is 1. The van der Waals surface area contributed by atoms with E-state index in [-0.39, 0.29) is 17.0 Å². The Balaban J connectivity index is 2.08. The SMILES string of the molecule is COc1c[nH]c2nc(-c3ccc(F)cc3)c(-c3cc(C)nc(Cl)c3)cc2c1=O. The molecule has 0 saturated carbocycles. The van der Waals surface area contributed by atoms with Crippen molar-refractivity contribution < 1.29 is 9.13 Å². The monoisotopic (exact) mass is 395 g/mol. The number of aromatic amines is 1. The van der Waals surface area contributed by atoms with Crippen molar-refractivity contribution in [2.45, 2.75) is 6.92 Å². The predicted molar refractivity (Wildman–Crippen MR) is 107 cm³/mol. The molecule has 0 fully saturated rings. The molecule has 0 unspecified atom stereocenters. The number of rotatable bonds is 3. The lowest BCUT2D eigenvalue weighted by molar-refractivity contribution is 0.410. The Morgan fingerprint density at radius 1 is 1.07 bits per heavy atom. The summed E-state index contributed by atoms with van der Waals surface area (Å²) in [7, 11) is 1.43. The molecule has 140 valence electrons. The second-order valence-electron chi connectivity index (χ2n) is 6.29. The molecule has 1 N–H and O–H groups in total. The van der Waals surface area contributed by atoms with E-state index in [0.29, 0.717) is 33.0 Å². The third-order valence-electron chi connectivity index (χ3n) is 4.40. The molecule has 28 heavy (non-hydrogen) atoms. The van der Waals surface area contributed by atoms with Crippen molar-refractivity contribution in [1.82, 2.24) is 15.0 Å². The Morgan fingerprint density at radius 2 is 1.82 bits per heavy atom. The highest BCUT2D eigenvalue weighted by Crippen LogP contribution is 2.34. The van der Waals surface area contributed by atoms with Crippen LogP contribution in [0.25, 0.3) is 33.4 Å². The van der Waals surface area contributed by atoms with Gasteiger partial charge in [-0.05, 0) is 55.0 Å². The van der Waals surface area contributed by atoms with Crippen LogP contribution >= 0.6 is 11.6 Å². The minimum Gasteiger partial charge on any atom is -0.491 e. The third kappa shape index (κ3) is 3.23. The lowest BCUT2D eigenvalue weighted by Gasteiger charge is -2.12. The average molecular weight is 396 g/mol. The molecular weight excluding hydrogens is 381 g/mol. The number of ether oxygens (including phenoxy) is 1. The molecule has 7 heteroatoms. The number of H-pyrrole nitrogens is 1. The van der Waals surface area contributed by atoms with Gasteiger partial charge in [0.05, 0.1) is 18.2 Å². The molecule has 0 saturated heterocycles. The highest BCUT2D eigenvalue weighted by atomic mass is 35.5. The summed E-state index contributed by atoms with van der Waals surface area (Å²) in [4.78, 5) is 24.5. The van der Waals surface area contributed by atoms with Crippen LogP contribution in [0.4, 0.5) is 4.39 Å². The number of nitrogens with zero attached hydrogens (tertiary/aromatic N) is 2. The van der Waals surface area contributed by atoms with Crippen molar-refractivity contribution in [3.63, 3.8) is 0 Å². The number of fused-ring (bicyclic) bond motifs is 1. The van der Waals surface area contributed by atoms with E-state index >= 15 is 0 Å². The topological polar surface area (TPSA) is 67.9 Å². The zero-order chi connectivity index (χ0) is 19.8. The van der Waals surface area contributed by atoms with E-state index in [2.05, 4.69) is 15.0 Å². The van der Waals surface area contributed by atoms with Gasteiger partial charge in [-0.1, -0.05) is 11.6 Å². The molecule has 0 bridgehead atoms. The zero-order valence-corrected chi connectivity index (χ0v) is 15.8. The van der Waals surface area contributed by atoms with E-state index in [1.165, 1.54) is 25.4 Å². The first kappa shape index (κ1) is 18.1. The summed E-state index contributed by atoms with van der Waals surface area (Å²) in [6, 6.07) is 11.3. The van der Waals surface area contributed by atoms with Gasteiger partial charge in [-0.3, -0.25) is 4.79 Å². The number of methoxy groups -OCH3 is 1. The van der Waals surface area contributed by atoms with Gasteiger partial charge < -0.3 is 9.72 Å². The normalized spacial score (nSPS) is 11.0. The predicted octanol–water partition coefficient (Wildman–Crippen LogP) is 4.76. The summed E-state index contributed by atoms with van der Waals surface area (Å²) in [6.45, 7) is 1.83. The standard InChI is InChI=1S/C21H15ClFN3O2/c1-11-7-13(8-18(22)25-11)15-9-16-20(27)17(28-2)10-24-21(16)26-19(15)12-3-5-14(23)6-4-12/h3-10H,1-2H3,(H,24,26,27). The molecule has 4 aromatic rings. The van der Waals surface area contributed by atoms with Crippen LogP contribution < -0.4 is 10.2 Å². The van der Waals surface area contributed by atoms with E-state index in [9.17, 15) is 9.18 Å². The molecule has 1 aromatic carbocycles. The van der Waals surface area contributed by atoms with Crippen molar-refractivity contribution in [2.75, 3.05) is 7.11 Å². The van der Waals surface area contributed by atoms with Crippen molar-refractivity contribution in [3.05, 3.63) is 75.5 Å². The molecule has 0 amide bonds. The van der Waals surface area contributed by atoms with E-state index < -0.39 is 0 Å². The van der Waals surface area contributed by atoms with Crippen molar-refractivity contribution in [2.24, 2.45) is 0 Å². The Morgan fingerprint density at radius 3 is 2.50 bits per heavy atom. The van der Waals surface area contributed by atoms with Gasteiger partial charge in [0.25, 0.3) is 0 Å². The van der Waals surface area contributed by atoms with E-state index in [1.54, 1.807) is 24.3 Å². The lowest BCUT2D eigenvalue weighted by atomic mass is 9.98. The largest absolute Gasteiger partial charge is 0.491 e. The molecule has 0 spiro atoms. The second kappa shape index (κ2) is 7.05. The molecule has 5 nitrogen and oxygen atoms in total. The number of pyridine rings is 3. The molecular formula is C21H15ClFN3O2. The lowest BCUT2D eigenvalue weighted by Crippen LogP contribution is -2.08. The first-order chi connectivity index (χ1) is 13.5. The fourth-order valence-electron chi connectivity index (χ4n) is 3.11. The summed E-state index contributed by atoms with van der Waals surface area (Å²) in [5.41, 5.74) is 3.61. The number of halogens is 2. The average Bonchev–Trinajstić information content (AvgIpc) is 2.67. The van der Waals surface area contributed by atoms with Crippen LogP contribution in [0.1, 0.15) is 5.69 Å². The minimum atomic E-state index is -0.341. The van der Waals surface area contributed by atoms with Crippen LogP contribution in [-0.2, 0) is 0 Å². The molecule has 3 heterocycles. The molecule has 4 rings (SSSR count). The summed E-state index contributed by atoms with van der Waals surface area (Å²) in [5, 5.41) is 0.713. The van der Waals surface area contributed by atoms with Gasteiger partial charge in [0.2, 0.25) is 5.43 Å². The Bertz CT molecular complexity index is 1230. The smallest absolute Gasteiger partial charge is 0.232 e. The first-order valence-corrected chi connectivity index (χ1v) is 8.85. The number of aromatic nitrogens is 3. The van der Waals surface area contributed by atoms with Crippen molar-refractivity contribution >= 4 is 22.6 Å². The van der Waals surface area contributed by atoms with E-state index in [4.69, 9.17) is 16.3 Å². The molecule has 0 radical (unpaired) electrons. The maximum Gasteiger partial charge on any atom is 0.232 e. The summed E-state index contributed by atoms with van der Waals surface area (Å²) in [5.74, 6) is -0.147. The summed E-state index contributed by atoms with van der Waals surface area (Å²) < 4.78 is 18.5. The van der Waals surface area contributed by atoms with Crippen LogP contribution in [-0.4, -0.2) is 22.1 Å². The number of hydrogen-bond donors (Lipinski definition) is 1. The Labute approximate surface area is 164 Å². The number of aryl methyl sites for hydroxylation is 1. The van der Waals surface area contributed by atoms with Gasteiger partial charge >= 0.3 is 0 Å². The molecule has 3 aromatic heterocycles. The third-order valence-corrected chi connectivity index (χ3v) is 4.60. The van der Waals surface area contributed by atoms with Gasteiger partial charge in [0.1, 0.15) is 16.6 Å². The first-order valence-electron chi connectivity index (χ1n) is 8.47. The van der Waals surface area contributed by atoms with Gasteiger partial charge in [-0.25, -0.2) is 14.4 Å². The fourth-order valence-corrected chi connectivity index (χ4v) is 3.36. The highest BCUT2D eigenvalue weighted by Gasteiger charge is 2.16. The van der Waals surface area contributed by atoms with Crippen molar-refractivity contribution in [1.29, 1.82) is 0 Å². The molecule has 0 aliphatic carbocycles. The van der Waals surface area contributed by atoms with E-state index in [0.717, 1.165) is 11.3 Å². The van der Waals surface area contributed by atoms with Crippen LogP contribution in [0.3, 0.4) is 0 Å². The molecule has 0 aliphatic rings. The van der Waals surface area contributed by atoms with Crippen molar-refractivity contribution in [3.8, 4) is 28.1 Å². The quantitative estimate of drug-likeness (QED) is 0.508. The maximum absolute atomic E-state index is 13.4. The van der Waals surface area contributed by atoms with Gasteiger partial charge in [0.15, 0.2) is 5.75 Å². The highest BCUT2D eigenvalue weighted by molar-refractivity contribution is 6.29. The summed E-state index contributed by atoms with van der Waals surface area (Å²) >= 11 is 6.15.